The molecular formula is C30H47N3O2. The van der Waals surface area contributed by atoms with Gasteiger partial charge >= 0.3 is 0 Å². The highest BCUT2D eigenvalue weighted by Gasteiger charge is 2.04. The predicted octanol–water partition coefficient (Wildman–Crippen LogP) is 7.40. The Kier molecular flexibility index (Phi) is 16.2. The van der Waals surface area contributed by atoms with Gasteiger partial charge in [0.05, 0.1) is 17.6 Å². The number of unbranched alkanes of at least 4 members (excludes halogenated alkanes) is 1. The maximum Gasteiger partial charge on any atom is 0.185 e. The fourth-order valence-electron chi connectivity index (χ4n) is 3.53. The number of hydrogen-bond acceptors (Lipinski definition) is 4. The molecule has 0 saturated heterocycles. The van der Waals surface area contributed by atoms with Gasteiger partial charge in [0.2, 0.25) is 0 Å². The molecule has 3 rings (SSSR count). The molecule has 1 heterocycles. The van der Waals surface area contributed by atoms with E-state index < -0.39 is 0 Å². The van der Waals surface area contributed by atoms with E-state index in [1.165, 1.54) is 37.1 Å². The van der Waals surface area contributed by atoms with E-state index in [0.717, 1.165) is 61.3 Å². The van der Waals surface area contributed by atoms with Crippen LogP contribution in [0, 0.1) is 5.92 Å². The smallest absolute Gasteiger partial charge is 0.185 e. The van der Waals surface area contributed by atoms with Crippen LogP contribution in [0.25, 0.3) is 11.0 Å². The van der Waals surface area contributed by atoms with Gasteiger partial charge in [0.25, 0.3) is 0 Å². The average molecular weight is 482 g/mol. The number of rotatable bonds is 13. The summed E-state index contributed by atoms with van der Waals surface area (Å²) in [4.78, 5) is 18.0. The minimum absolute atomic E-state index is 0.380. The second-order valence-corrected chi connectivity index (χ2v) is 8.79. The number of nitrogens with one attached hydrogen (secondary N) is 2. The molecule has 5 heteroatoms. The number of aromatic nitrogens is 2. The molecule has 3 aromatic rings. The maximum absolute atomic E-state index is 10.8. The van der Waals surface area contributed by atoms with Crippen molar-refractivity contribution in [3.63, 3.8) is 0 Å². The lowest BCUT2D eigenvalue weighted by molar-refractivity contribution is 0.111. The Balaban J connectivity index is 0.000000473. The van der Waals surface area contributed by atoms with Gasteiger partial charge in [-0.1, -0.05) is 65.8 Å². The number of aryl methyl sites for hydroxylation is 2. The Morgan fingerprint density at radius 3 is 2.51 bits per heavy atom. The Morgan fingerprint density at radius 1 is 1.06 bits per heavy atom. The van der Waals surface area contributed by atoms with Gasteiger partial charge in [-0.25, -0.2) is 4.98 Å². The minimum Gasteiger partial charge on any atom is -0.493 e. The van der Waals surface area contributed by atoms with Crippen molar-refractivity contribution < 1.29 is 9.53 Å². The molecule has 0 spiro atoms. The monoisotopic (exact) mass is 481 g/mol. The number of fused-ring (bicyclic) bond motifs is 1. The number of para-hydroxylation sites is 1. The number of hydrogen-bond donors (Lipinski definition) is 2. The minimum atomic E-state index is 0.380. The van der Waals surface area contributed by atoms with Gasteiger partial charge in [-0.3, -0.25) is 4.79 Å². The number of ether oxygens (including phenoxy) is 1. The van der Waals surface area contributed by atoms with Gasteiger partial charge in [-0.2, -0.15) is 0 Å². The molecule has 0 radical (unpaired) electrons. The third kappa shape index (κ3) is 12.0. The van der Waals surface area contributed by atoms with Crippen LogP contribution in [0.15, 0.2) is 42.5 Å². The van der Waals surface area contributed by atoms with Crippen molar-refractivity contribution in [3.8, 4) is 5.75 Å². The molecule has 0 aliphatic heterocycles. The Hall–Kier alpha value is -2.66. The fourth-order valence-corrected chi connectivity index (χ4v) is 3.53. The summed E-state index contributed by atoms with van der Waals surface area (Å²) in [6.07, 6.45) is 7.35. The van der Waals surface area contributed by atoms with Gasteiger partial charge in [-0.05, 0) is 86.9 Å². The average Bonchev–Trinajstić information content (AvgIpc) is 3.31. The van der Waals surface area contributed by atoms with E-state index >= 15 is 0 Å². The summed E-state index contributed by atoms with van der Waals surface area (Å²) in [5.41, 5.74) is 4.26. The number of H-pyrrole nitrogens is 1. The summed E-state index contributed by atoms with van der Waals surface area (Å²) in [5, 5.41) is 3.37. The third-order valence-corrected chi connectivity index (χ3v) is 5.47. The quantitative estimate of drug-likeness (QED) is 0.197. The van der Waals surface area contributed by atoms with E-state index in [9.17, 15) is 4.79 Å². The Morgan fingerprint density at radius 2 is 1.83 bits per heavy atom. The van der Waals surface area contributed by atoms with E-state index in [1.54, 1.807) is 0 Å². The highest BCUT2D eigenvalue weighted by atomic mass is 16.5. The molecule has 0 bridgehead atoms. The normalized spacial score (nSPS) is 10.4. The topological polar surface area (TPSA) is 67.0 Å². The highest BCUT2D eigenvalue weighted by Crippen LogP contribution is 2.19. The van der Waals surface area contributed by atoms with Crippen LogP contribution in [0.3, 0.4) is 0 Å². The predicted molar refractivity (Wildman–Crippen MR) is 150 cm³/mol. The zero-order chi connectivity index (χ0) is 25.9. The molecule has 5 nitrogen and oxygen atoms in total. The maximum atomic E-state index is 10.8. The lowest BCUT2D eigenvalue weighted by atomic mass is 10.1. The van der Waals surface area contributed by atoms with Crippen LogP contribution in [-0.2, 0) is 12.8 Å². The van der Waals surface area contributed by atoms with Gasteiger partial charge in [-0.15, -0.1) is 0 Å². The fraction of sp³-hybridized carbons (Fsp3) is 0.533. The molecule has 0 aliphatic rings. The van der Waals surface area contributed by atoms with Crippen LogP contribution in [-0.4, -0.2) is 36.0 Å². The summed E-state index contributed by atoms with van der Waals surface area (Å²) in [6.45, 7) is 15.9. The van der Waals surface area contributed by atoms with Crippen LogP contribution in [0.2, 0.25) is 0 Å². The van der Waals surface area contributed by atoms with Gasteiger partial charge < -0.3 is 15.0 Å². The first-order valence-corrected chi connectivity index (χ1v) is 13.4. The molecule has 0 atom stereocenters. The van der Waals surface area contributed by atoms with E-state index in [0.29, 0.717) is 5.82 Å². The van der Waals surface area contributed by atoms with Crippen molar-refractivity contribution >= 4 is 17.3 Å². The summed E-state index contributed by atoms with van der Waals surface area (Å²) in [6, 6.07) is 14.3. The first kappa shape index (κ1) is 30.4. The van der Waals surface area contributed by atoms with E-state index in [4.69, 9.17) is 4.74 Å². The first-order chi connectivity index (χ1) is 17.1. The summed E-state index contributed by atoms with van der Waals surface area (Å²) in [5.74, 6) is 2.22. The van der Waals surface area contributed by atoms with Crippen molar-refractivity contribution in [1.29, 1.82) is 0 Å². The van der Waals surface area contributed by atoms with Crippen molar-refractivity contribution in [1.82, 2.24) is 15.3 Å². The summed E-state index contributed by atoms with van der Waals surface area (Å²) in [7, 11) is 0. The SMILES string of the molecule is CC.CCCNCCC(C)C.CCc1ccccc1OCCCCc1ccc2nc(C=O)[nH]c2c1. The molecule has 2 N–H and O–H groups in total. The molecule has 0 aliphatic carbocycles. The van der Waals surface area contributed by atoms with Crippen LogP contribution in [0.4, 0.5) is 0 Å². The number of aromatic amines is 1. The molecule has 2 aromatic carbocycles. The number of carbonyl (C=O) groups is 1. The zero-order valence-electron chi connectivity index (χ0n) is 22.8. The number of benzene rings is 2. The molecule has 194 valence electrons. The number of carbonyl (C=O) groups excluding carboxylic acids is 1. The molecule has 0 unspecified atom stereocenters. The van der Waals surface area contributed by atoms with Gasteiger partial charge in [0, 0.05) is 0 Å². The Labute approximate surface area is 213 Å². The molecule has 35 heavy (non-hydrogen) atoms. The second-order valence-electron chi connectivity index (χ2n) is 8.79. The lowest BCUT2D eigenvalue weighted by Gasteiger charge is -2.10. The Bertz CT molecular complexity index is 950. The van der Waals surface area contributed by atoms with E-state index in [-0.39, 0.29) is 0 Å². The zero-order valence-corrected chi connectivity index (χ0v) is 22.8. The lowest BCUT2D eigenvalue weighted by Crippen LogP contribution is -2.17. The number of aldehydes is 1. The van der Waals surface area contributed by atoms with E-state index in [2.05, 4.69) is 61.2 Å². The van der Waals surface area contributed by atoms with E-state index in [1.807, 2.05) is 38.1 Å². The first-order valence-electron chi connectivity index (χ1n) is 13.4. The third-order valence-electron chi connectivity index (χ3n) is 5.47. The molecule has 0 saturated carbocycles. The van der Waals surface area contributed by atoms with Crippen LogP contribution >= 0.6 is 0 Å². The van der Waals surface area contributed by atoms with Crippen LogP contribution < -0.4 is 10.1 Å². The van der Waals surface area contributed by atoms with Gasteiger partial charge in [0.1, 0.15) is 5.75 Å². The van der Waals surface area contributed by atoms with Crippen LogP contribution in [0.1, 0.15) is 89.0 Å². The largest absolute Gasteiger partial charge is 0.493 e. The summed E-state index contributed by atoms with van der Waals surface area (Å²) >= 11 is 0. The van der Waals surface area contributed by atoms with Crippen molar-refractivity contribution in [2.45, 2.75) is 80.1 Å². The van der Waals surface area contributed by atoms with Crippen molar-refractivity contribution in [3.05, 3.63) is 59.4 Å². The standard InChI is InChI=1S/C20H22N2O2.C8H19N.C2H6/c1-2-16-8-3-4-9-19(16)24-12-6-5-7-15-10-11-17-18(13-15)22-20(14-23)21-17;1-4-6-9-7-5-8(2)3;1-2/h3-4,8-11,13-14H,2,5-7,12H2,1H3,(H,21,22);8-9H,4-7H2,1-3H3;1-2H3. The molecule has 0 amide bonds. The van der Waals surface area contributed by atoms with Crippen molar-refractivity contribution in [2.75, 3.05) is 19.7 Å². The molecule has 0 fully saturated rings. The number of nitrogens with zero attached hydrogens (tertiary/aromatic N) is 1. The second kappa shape index (κ2) is 18.6. The highest BCUT2D eigenvalue weighted by molar-refractivity contribution is 5.82. The molecular weight excluding hydrogens is 434 g/mol. The molecule has 1 aromatic heterocycles. The summed E-state index contributed by atoms with van der Waals surface area (Å²) < 4.78 is 5.90. The number of imidazole rings is 1. The van der Waals surface area contributed by atoms with Crippen molar-refractivity contribution in [2.24, 2.45) is 5.92 Å². The van der Waals surface area contributed by atoms with Gasteiger partial charge in [0.15, 0.2) is 12.1 Å². The van der Waals surface area contributed by atoms with Crippen LogP contribution in [0.5, 0.6) is 5.75 Å².